The summed E-state index contributed by atoms with van der Waals surface area (Å²) in [7, 11) is 4.01. The second kappa shape index (κ2) is 7.83. The summed E-state index contributed by atoms with van der Waals surface area (Å²) in [6.07, 6.45) is 1.77. The monoisotopic (exact) mass is 364 g/mol. The maximum absolute atomic E-state index is 13.2. The summed E-state index contributed by atoms with van der Waals surface area (Å²) in [6.45, 7) is 2.40. The molecule has 27 heavy (non-hydrogen) atoms. The Balaban J connectivity index is 1.49. The van der Waals surface area contributed by atoms with E-state index < -0.39 is 0 Å². The van der Waals surface area contributed by atoms with Gasteiger partial charge in [0.25, 0.3) is 0 Å². The van der Waals surface area contributed by atoms with Crippen LogP contribution in [0, 0.1) is 5.92 Å². The third-order valence-electron chi connectivity index (χ3n) is 5.90. The number of rotatable bonds is 5. The molecular formula is C23H28N2O2. The fourth-order valence-corrected chi connectivity index (χ4v) is 4.43. The molecule has 0 N–H and O–H groups in total. The van der Waals surface area contributed by atoms with E-state index >= 15 is 0 Å². The third-order valence-corrected chi connectivity index (χ3v) is 5.90. The molecule has 0 aliphatic carbocycles. The Kier molecular flexibility index (Phi) is 5.28. The molecule has 0 radical (unpaired) electrons. The van der Waals surface area contributed by atoms with Crippen molar-refractivity contribution >= 4 is 11.5 Å². The molecule has 2 fully saturated rings. The molecule has 2 atom stereocenters. The molecule has 2 unspecified atom stereocenters. The fraction of sp³-hybridized carbons (Fsp3) is 0.435. The number of ketones is 1. The highest BCUT2D eigenvalue weighted by molar-refractivity contribution is 5.98. The Labute approximate surface area is 161 Å². The van der Waals surface area contributed by atoms with E-state index in [1.807, 2.05) is 43.3 Å². The van der Waals surface area contributed by atoms with Gasteiger partial charge in [0, 0.05) is 49.9 Å². The molecule has 2 heterocycles. The normalized spacial score (nSPS) is 25.2. The molecule has 2 aromatic carbocycles. The largest absolute Gasteiger partial charge is 0.378 e. The second-order valence-electron chi connectivity index (χ2n) is 7.98. The van der Waals surface area contributed by atoms with Crippen molar-refractivity contribution in [1.29, 1.82) is 0 Å². The van der Waals surface area contributed by atoms with E-state index in [2.05, 4.69) is 35.2 Å². The first-order valence-corrected chi connectivity index (χ1v) is 9.81. The van der Waals surface area contributed by atoms with Gasteiger partial charge in [0.15, 0.2) is 5.78 Å². The summed E-state index contributed by atoms with van der Waals surface area (Å²) < 4.78 is 5.83. The predicted molar refractivity (Wildman–Crippen MR) is 108 cm³/mol. The predicted octanol–water partition coefficient (Wildman–Crippen LogP) is 3.61. The van der Waals surface area contributed by atoms with Crippen LogP contribution in [0.5, 0.6) is 0 Å². The summed E-state index contributed by atoms with van der Waals surface area (Å²) in [6, 6.07) is 19.3. The van der Waals surface area contributed by atoms with Crippen molar-refractivity contribution in [1.82, 2.24) is 4.90 Å². The molecule has 4 heteroatoms. The van der Waals surface area contributed by atoms with Gasteiger partial charge in [-0.2, -0.15) is 0 Å². The Morgan fingerprint density at radius 1 is 1.04 bits per heavy atom. The Morgan fingerprint density at radius 3 is 2.41 bits per heavy atom. The number of piperidine rings is 1. The lowest BCUT2D eigenvalue weighted by atomic mass is 9.80. The van der Waals surface area contributed by atoms with Gasteiger partial charge in [0.05, 0.1) is 13.2 Å². The molecule has 2 bridgehead atoms. The molecule has 2 aliphatic heterocycles. The molecule has 2 saturated heterocycles. The van der Waals surface area contributed by atoms with Gasteiger partial charge >= 0.3 is 0 Å². The van der Waals surface area contributed by atoms with Crippen LogP contribution in [-0.4, -0.2) is 50.1 Å². The molecule has 4 rings (SSSR count). The van der Waals surface area contributed by atoms with E-state index in [1.54, 1.807) is 0 Å². The summed E-state index contributed by atoms with van der Waals surface area (Å²) in [5.74, 6) is 0.378. The first-order valence-electron chi connectivity index (χ1n) is 9.81. The van der Waals surface area contributed by atoms with Crippen LogP contribution in [-0.2, 0) is 11.3 Å². The van der Waals surface area contributed by atoms with Crippen molar-refractivity contribution in [3.8, 4) is 0 Å². The van der Waals surface area contributed by atoms with Gasteiger partial charge in [-0.15, -0.1) is 0 Å². The van der Waals surface area contributed by atoms with Crippen LogP contribution in [0.25, 0.3) is 0 Å². The molecule has 0 amide bonds. The molecule has 0 aromatic heterocycles. The van der Waals surface area contributed by atoms with Crippen molar-refractivity contribution in [3.63, 3.8) is 0 Å². The lowest BCUT2D eigenvalue weighted by Crippen LogP contribution is -2.57. The summed E-state index contributed by atoms with van der Waals surface area (Å²) in [4.78, 5) is 17.8. The lowest BCUT2D eigenvalue weighted by molar-refractivity contribution is -0.0872. The van der Waals surface area contributed by atoms with Crippen LogP contribution >= 0.6 is 0 Å². The number of nitrogens with zero attached hydrogens (tertiary/aromatic N) is 2. The SMILES string of the molecule is CN(C)c1cccc(C(=O)C2CC3COCC(C2)N3Cc2ccccc2)c1. The van der Waals surface area contributed by atoms with Gasteiger partial charge in [-0.1, -0.05) is 42.5 Å². The van der Waals surface area contributed by atoms with Crippen molar-refractivity contribution < 1.29 is 9.53 Å². The van der Waals surface area contributed by atoms with E-state index in [-0.39, 0.29) is 11.7 Å². The van der Waals surface area contributed by atoms with E-state index in [0.717, 1.165) is 43.9 Å². The molecule has 142 valence electrons. The van der Waals surface area contributed by atoms with Gasteiger partial charge in [-0.25, -0.2) is 0 Å². The first-order chi connectivity index (χ1) is 13.1. The fourth-order valence-electron chi connectivity index (χ4n) is 4.43. The Bertz CT molecular complexity index is 776. The maximum Gasteiger partial charge on any atom is 0.166 e. The first kappa shape index (κ1) is 18.2. The zero-order valence-corrected chi connectivity index (χ0v) is 16.2. The van der Waals surface area contributed by atoms with Gasteiger partial charge in [-0.05, 0) is 30.5 Å². The van der Waals surface area contributed by atoms with Crippen molar-refractivity contribution in [2.45, 2.75) is 31.5 Å². The lowest BCUT2D eigenvalue weighted by Gasteiger charge is -2.48. The summed E-state index contributed by atoms with van der Waals surface area (Å²) >= 11 is 0. The third kappa shape index (κ3) is 3.92. The van der Waals surface area contributed by atoms with Gasteiger partial charge in [-0.3, -0.25) is 9.69 Å². The molecule has 2 aliphatic rings. The van der Waals surface area contributed by atoms with Crippen molar-refractivity contribution in [2.24, 2.45) is 5.92 Å². The average molecular weight is 364 g/mol. The zero-order valence-electron chi connectivity index (χ0n) is 16.2. The zero-order chi connectivity index (χ0) is 18.8. The highest BCUT2D eigenvalue weighted by atomic mass is 16.5. The van der Waals surface area contributed by atoms with Crippen LogP contribution < -0.4 is 4.90 Å². The minimum atomic E-state index is 0.0911. The minimum absolute atomic E-state index is 0.0911. The number of benzene rings is 2. The van der Waals surface area contributed by atoms with Gasteiger partial charge in [0.1, 0.15) is 0 Å². The van der Waals surface area contributed by atoms with E-state index in [9.17, 15) is 4.79 Å². The number of anilines is 1. The maximum atomic E-state index is 13.2. The van der Waals surface area contributed by atoms with Crippen LogP contribution in [0.4, 0.5) is 5.69 Å². The smallest absolute Gasteiger partial charge is 0.166 e. The minimum Gasteiger partial charge on any atom is -0.378 e. The van der Waals surface area contributed by atoms with Crippen molar-refractivity contribution in [2.75, 3.05) is 32.2 Å². The highest BCUT2D eigenvalue weighted by Gasteiger charge is 2.41. The molecular weight excluding hydrogens is 336 g/mol. The van der Waals surface area contributed by atoms with Crippen LogP contribution in [0.3, 0.4) is 0 Å². The molecule has 4 nitrogen and oxygen atoms in total. The number of carbonyl (C=O) groups is 1. The number of hydrogen-bond acceptors (Lipinski definition) is 4. The van der Waals surface area contributed by atoms with Crippen LogP contribution in [0.1, 0.15) is 28.8 Å². The standard InChI is InChI=1S/C23H28N2O2/c1-24(2)20-10-6-9-18(11-20)23(26)19-12-21-15-27-16-22(13-19)25(21)14-17-7-4-3-5-8-17/h3-11,19,21-22H,12-16H2,1-2H3. The van der Waals surface area contributed by atoms with E-state index in [1.165, 1.54) is 5.56 Å². The average Bonchev–Trinajstić information content (AvgIpc) is 2.68. The number of carbonyl (C=O) groups excluding carboxylic acids is 1. The molecule has 0 spiro atoms. The van der Waals surface area contributed by atoms with Gasteiger partial charge < -0.3 is 9.64 Å². The number of fused-ring (bicyclic) bond motifs is 2. The second-order valence-corrected chi connectivity index (χ2v) is 7.98. The quantitative estimate of drug-likeness (QED) is 0.759. The van der Waals surface area contributed by atoms with Crippen LogP contribution in [0.2, 0.25) is 0 Å². The topological polar surface area (TPSA) is 32.8 Å². The Hall–Kier alpha value is -2.17. The van der Waals surface area contributed by atoms with Crippen molar-refractivity contribution in [3.05, 3.63) is 65.7 Å². The number of Topliss-reactive ketones (excluding diaryl/α,β-unsaturated/α-hetero) is 1. The molecule has 2 aromatic rings. The van der Waals surface area contributed by atoms with Crippen LogP contribution in [0.15, 0.2) is 54.6 Å². The van der Waals surface area contributed by atoms with E-state index in [0.29, 0.717) is 12.1 Å². The Morgan fingerprint density at radius 2 is 1.74 bits per heavy atom. The summed E-state index contributed by atoms with van der Waals surface area (Å²) in [5.41, 5.74) is 3.24. The highest BCUT2D eigenvalue weighted by Crippen LogP contribution is 2.35. The number of morpholine rings is 1. The molecule has 0 saturated carbocycles. The number of hydrogen-bond donors (Lipinski definition) is 0. The van der Waals surface area contributed by atoms with Gasteiger partial charge in [0.2, 0.25) is 0 Å². The number of ether oxygens (including phenoxy) is 1. The summed E-state index contributed by atoms with van der Waals surface area (Å²) in [5, 5.41) is 0. The van der Waals surface area contributed by atoms with E-state index in [4.69, 9.17) is 4.74 Å².